The van der Waals surface area contributed by atoms with Crippen LogP contribution in [0.1, 0.15) is 65.9 Å². The summed E-state index contributed by atoms with van der Waals surface area (Å²) in [5.74, 6) is 1.79. The molecule has 0 aromatic heterocycles. The van der Waals surface area contributed by atoms with Gasteiger partial charge < -0.3 is 15.6 Å². The van der Waals surface area contributed by atoms with Crippen LogP contribution in [-0.4, -0.2) is 5.52 Å². The van der Waals surface area contributed by atoms with E-state index in [4.69, 9.17) is 14.2 Å². The van der Waals surface area contributed by atoms with E-state index >= 15 is 0 Å². The van der Waals surface area contributed by atoms with E-state index in [9.17, 15) is 4.79 Å². The van der Waals surface area contributed by atoms with E-state index in [0.717, 1.165) is 38.7 Å². The smallest absolute Gasteiger partial charge is 1.00 e. The Morgan fingerprint density at radius 2 is 1.02 bits per heavy atom. The zero-order valence-corrected chi connectivity index (χ0v) is 28.7. The van der Waals surface area contributed by atoms with Gasteiger partial charge in [0.15, 0.2) is 5.52 Å². The van der Waals surface area contributed by atoms with Gasteiger partial charge in [-0.05, 0) is 61.2 Å². The van der Waals surface area contributed by atoms with E-state index in [1.54, 1.807) is 0 Å². The molecule has 1 atom stereocenters. The van der Waals surface area contributed by atoms with E-state index in [1.807, 2.05) is 117 Å². The summed E-state index contributed by atoms with van der Waals surface area (Å²) in [6.07, 6.45) is 0. The van der Waals surface area contributed by atoms with Crippen molar-refractivity contribution in [1.29, 1.82) is 0 Å². The van der Waals surface area contributed by atoms with Crippen molar-refractivity contribution in [3.63, 3.8) is 0 Å². The average molecular weight is 625 g/mol. The summed E-state index contributed by atoms with van der Waals surface area (Å²) in [6.45, 7) is 11.7. The molecule has 6 heteroatoms. The Labute approximate surface area is 289 Å². The van der Waals surface area contributed by atoms with Gasteiger partial charge in [0.25, 0.3) is 0 Å². The number of carbonyl (C=O) groups excluding carboxylic acids is 1. The number of benzene rings is 5. The first-order chi connectivity index (χ1) is 21.7. The summed E-state index contributed by atoms with van der Waals surface area (Å²) >= 11 is 0. The summed E-state index contributed by atoms with van der Waals surface area (Å²) < 4.78 is 19.2. The van der Waals surface area contributed by atoms with Crippen molar-refractivity contribution in [2.45, 2.75) is 59.9 Å². The molecule has 0 amide bonds. The summed E-state index contributed by atoms with van der Waals surface area (Å²) in [5.41, 5.74) is 7.11. The van der Waals surface area contributed by atoms with Crippen LogP contribution in [-0.2, 0) is 25.2 Å². The molecular weight excluding hydrogens is 582 g/mol. The zero-order chi connectivity index (χ0) is 31.8. The van der Waals surface area contributed by atoms with Crippen LogP contribution in [0.5, 0.6) is 17.2 Å². The molecule has 5 aromatic carbocycles. The van der Waals surface area contributed by atoms with Crippen LogP contribution in [0, 0.1) is 13.8 Å². The molecule has 0 bridgehead atoms. The standard InChI is InChI=1S/C40H41O4P.Li.H/c1-28-21-33(40(3,4)5)22-29(2)37(28)39(41)45-38-35(43-26-31-17-11-7-12-18-31)23-34(42-25-30-15-9-6-10-16-30)24-36(38)44-27-32-19-13-8-14-20-32;;/h6-24,45H,25-27H2,1-5H3;;/q;+1;-1. The third kappa shape index (κ3) is 9.37. The quantitative estimate of drug-likeness (QED) is 0.116. The van der Waals surface area contributed by atoms with Crippen molar-refractivity contribution < 1.29 is 39.3 Å². The molecule has 46 heavy (non-hydrogen) atoms. The van der Waals surface area contributed by atoms with Crippen molar-refractivity contribution in [2.24, 2.45) is 0 Å². The number of carbonyl (C=O) groups is 1. The first kappa shape index (κ1) is 35.1. The maximum Gasteiger partial charge on any atom is 1.00 e. The van der Waals surface area contributed by atoms with E-state index in [0.29, 0.717) is 37.1 Å². The van der Waals surface area contributed by atoms with Gasteiger partial charge in [-0.25, -0.2) is 0 Å². The molecule has 0 spiro atoms. The molecule has 0 aliphatic heterocycles. The molecule has 0 aliphatic carbocycles. The summed E-state index contributed by atoms with van der Waals surface area (Å²) in [7, 11) is -0.209. The Hall–Kier alpha value is -3.80. The van der Waals surface area contributed by atoms with Crippen LogP contribution < -0.4 is 38.4 Å². The molecule has 0 heterocycles. The molecule has 0 fully saturated rings. The Morgan fingerprint density at radius 1 is 0.630 bits per heavy atom. The zero-order valence-electron chi connectivity index (χ0n) is 28.7. The van der Waals surface area contributed by atoms with Crippen molar-refractivity contribution >= 4 is 19.4 Å². The minimum atomic E-state index is -0.209. The second-order valence-corrected chi connectivity index (χ2v) is 13.5. The average Bonchev–Trinajstić information content (AvgIpc) is 3.03. The molecule has 1 unspecified atom stereocenters. The molecule has 0 saturated heterocycles. The molecular formula is C40H42LiO4P. The number of aryl methyl sites for hydroxylation is 2. The van der Waals surface area contributed by atoms with Crippen molar-refractivity contribution in [3.05, 3.63) is 154 Å². The van der Waals surface area contributed by atoms with E-state index in [1.165, 1.54) is 5.56 Å². The first-order valence-electron chi connectivity index (χ1n) is 15.3. The fraction of sp³-hybridized carbons (Fsp3) is 0.225. The van der Waals surface area contributed by atoms with Gasteiger partial charge in [-0.3, -0.25) is 4.79 Å². The fourth-order valence-electron chi connectivity index (χ4n) is 5.14. The molecule has 0 saturated carbocycles. The predicted octanol–water partition coefficient (Wildman–Crippen LogP) is 6.60. The van der Waals surface area contributed by atoms with Gasteiger partial charge >= 0.3 is 18.9 Å². The van der Waals surface area contributed by atoms with Crippen LogP contribution in [0.2, 0.25) is 0 Å². The summed E-state index contributed by atoms with van der Waals surface area (Å²) in [6, 6.07) is 38.1. The van der Waals surface area contributed by atoms with Crippen LogP contribution in [0.4, 0.5) is 0 Å². The van der Waals surface area contributed by atoms with Gasteiger partial charge in [0.1, 0.15) is 37.1 Å². The molecule has 0 N–H and O–H groups in total. The minimum absolute atomic E-state index is 0. The Balaban J connectivity index is 0.00000300. The van der Waals surface area contributed by atoms with Crippen molar-refractivity contribution in [3.8, 4) is 17.2 Å². The van der Waals surface area contributed by atoms with E-state index in [-0.39, 0.29) is 39.8 Å². The van der Waals surface area contributed by atoms with Gasteiger partial charge in [0, 0.05) is 17.7 Å². The molecule has 0 radical (unpaired) electrons. The maximum absolute atomic E-state index is 14.1. The molecule has 4 nitrogen and oxygen atoms in total. The maximum atomic E-state index is 14.1. The SMILES string of the molecule is Cc1cc(C(C)(C)C)cc(C)c1C(=O)Pc1c(OCc2ccccc2)cc(OCc2ccccc2)cc1OCc1ccccc1.[H-].[Li+]. The third-order valence-electron chi connectivity index (χ3n) is 7.63. The second kappa shape index (κ2) is 16.2. The van der Waals surface area contributed by atoms with Gasteiger partial charge in [-0.2, -0.15) is 0 Å². The number of hydrogen-bond acceptors (Lipinski definition) is 4. The van der Waals surface area contributed by atoms with Gasteiger partial charge in [-0.15, -0.1) is 0 Å². The van der Waals surface area contributed by atoms with E-state index in [2.05, 4.69) is 32.9 Å². The van der Waals surface area contributed by atoms with Crippen LogP contribution in [0.25, 0.3) is 0 Å². The van der Waals surface area contributed by atoms with Crippen LogP contribution >= 0.6 is 8.58 Å². The molecule has 5 rings (SSSR count). The van der Waals surface area contributed by atoms with Crippen LogP contribution in [0.15, 0.2) is 115 Å². The first-order valence-corrected chi connectivity index (χ1v) is 16.3. The molecule has 5 aromatic rings. The largest absolute Gasteiger partial charge is 1.00 e. The van der Waals surface area contributed by atoms with Gasteiger partial charge in [0.2, 0.25) is 0 Å². The Morgan fingerprint density at radius 3 is 1.41 bits per heavy atom. The summed E-state index contributed by atoms with van der Waals surface area (Å²) in [5, 5.41) is 0.734. The van der Waals surface area contributed by atoms with Gasteiger partial charge in [0.05, 0.1) is 5.30 Å². The molecule has 232 valence electrons. The number of ether oxygens (including phenoxy) is 3. The van der Waals surface area contributed by atoms with Crippen molar-refractivity contribution in [1.82, 2.24) is 0 Å². The fourth-order valence-corrected chi connectivity index (χ4v) is 6.42. The minimum Gasteiger partial charge on any atom is -1.00 e. The predicted molar refractivity (Wildman–Crippen MR) is 187 cm³/mol. The second-order valence-electron chi connectivity index (χ2n) is 12.3. The third-order valence-corrected chi connectivity index (χ3v) is 8.85. The normalized spacial score (nSPS) is 11.2. The number of hydrogen-bond donors (Lipinski definition) is 0. The summed E-state index contributed by atoms with van der Waals surface area (Å²) in [4.78, 5) is 14.1. The number of rotatable bonds is 12. The van der Waals surface area contributed by atoms with Crippen molar-refractivity contribution in [2.75, 3.05) is 0 Å². The Bertz CT molecular complexity index is 1650. The topological polar surface area (TPSA) is 44.8 Å². The monoisotopic (exact) mass is 624 g/mol. The van der Waals surface area contributed by atoms with Crippen LogP contribution in [0.3, 0.4) is 0 Å². The Kier molecular flexibility index (Phi) is 12.3. The molecule has 0 aliphatic rings. The van der Waals surface area contributed by atoms with Gasteiger partial charge in [-0.1, -0.05) is 124 Å². The van der Waals surface area contributed by atoms with E-state index < -0.39 is 0 Å².